The minimum atomic E-state index is -0.508. The van der Waals surface area contributed by atoms with Gasteiger partial charge in [0.25, 0.3) is 0 Å². The minimum absolute atomic E-state index is 0.160. The first-order valence-corrected chi connectivity index (χ1v) is 4.22. The molecule has 0 fully saturated rings. The van der Waals surface area contributed by atoms with Crippen LogP contribution in [0.1, 0.15) is 20.8 Å². The molecule has 0 aromatic rings. The van der Waals surface area contributed by atoms with Crippen LogP contribution in [0.15, 0.2) is 5.10 Å². The van der Waals surface area contributed by atoms with Crippen LogP contribution in [0, 0.1) is 16.2 Å². The summed E-state index contributed by atoms with van der Waals surface area (Å²) in [6.07, 6.45) is 0.554. The lowest BCUT2D eigenvalue weighted by molar-refractivity contribution is -0.103. The second kappa shape index (κ2) is 4.54. The number of guanidine groups is 2. The van der Waals surface area contributed by atoms with Gasteiger partial charge in [0.2, 0.25) is 11.9 Å². The Morgan fingerprint density at radius 3 is 1.87 bits per heavy atom. The largest absolute Gasteiger partial charge is 0.368 e. The van der Waals surface area contributed by atoms with Gasteiger partial charge in [0.15, 0.2) is 6.29 Å². The molecule has 0 aliphatic carbocycles. The highest BCUT2D eigenvalue weighted by Crippen LogP contribution is 2.15. The van der Waals surface area contributed by atoms with Crippen LogP contribution in [0.25, 0.3) is 0 Å². The van der Waals surface area contributed by atoms with E-state index in [2.05, 4.69) is 5.10 Å². The molecular formula is C8H16N6O. The predicted octanol–water partition coefficient (Wildman–Crippen LogP) is -0.324. The van der Waals surface area contributed by atoms with E-state index in [0.29, 0.717) is 11.3 Å². The summed E-state index contributed by atoms with van der Waals surface area (Å²) in [7, 11) is 0. The molecule has 0 atom stereocenters. The van der Waals surface area contributed by atoms with Gasteiger partial charge < -0.3 is 11.5 Å². The molecule has 0 aromatic carbocycles. The van der Waals surface area contributed by atoms with E-state index in [1.54, 1.807) is 20.8 Å². The molecule has 0 spiro atoms. The normalized spacial score (nSPS) is 12.1. The first-order chi connectivity index (χ1) is 6.70. The second-order valence-electron chi connectivity index (χ2n) is 3.94. The van der Waals surface area contributed by atoms with E-state index in [9.17, 15) is 4.79 Å². The Morgan fingerprint density at radius 1 is 1.27 bits per heavy atom. The number of nitrogens with zero attached hydrogens (tertiary/aromatic N) is 2. The summed E-state index contributed by atoms with van der Waals surface area (Å²) < 4.78 is 0. The van der Waals surface area contributed by atoms with Crippen LogP contribution in [0.2, 0.25) is 0 Å². The van der Waals surface area contributed by atoms with Crippen molar-refractivity contribution < 1.29 is 4.79 Å². The van der Waals surface area contributed by atoms with Crippen molar-refractivity contribution in [2.45, 2.75) is 20.8 Å². The summed E-state index contributed by atoms with van der Waals surface area (Å²) in [6.45, 7) is 5.33. The van der Waals surface area contributed by atoms with Crippen molar-refractivity contribution in [3.8, 4) is 0 Å². The van der Waals surface area contributed by atoms with E-state index >= 15 is 0 Å². The molecule has 0 aliphatic rings. The van der Waals surface area contributed by atoms with Crippen LogP contribution >= 0.6 is 0 Å². The number of hydrogen-bond donors (Lipinski definition) is 4. The van der Waals surface area contributed by atoms with Crippen molar-refractivity contribution in [1.29, 1.82) is 10.8 Å². The van der Waals surface area contributed by atoms with E-state index in [-0.39, 0.29) is 5.71 Å². The van der Waals surface area contributed by atoms with Crippen molar-refractivity contribution in [3.63, 3.8) is 0 Å². The summed E-state index contributed by atoms with van der Waals surface area (Å²) >= 11 is 0. The molecule has 0 aromatic heterocycles. The Bertz CT molecular complexity index is 300. The van der Waals surface area contributed by atoms with Crippen LogP contribution in [0.3, 0.4) is 0 Å². The maximum Gasteiger partial charge on any atom is 0.216 e. The number of hydrazone groups is 1. The number of nitrogens with one attached hydrogen (secondary N) is 2. The standard InChI is InChI=1S/C8H16N6O/c1-8(2,3)5(4-15)13-14(6(9)10)7(11)12/h4H,1-3H3,(H3,9,10)(H3,11,12)/b13-5-. The number of hydrogen-bond acceptors (Lipinski definition) is 4. The van der Waals surface area contributed by atoms with Gasteiger partial charge >= 0.3 is 0 Å². The number of carbonyl (C=O) groups is 1. The van der Waals surface area contributed by atoms with Gasteiger partial charge in [0.1, 0.15) is 5.71 Å². The van der Waals surface area contributed by atoms with Crippen molar-refractivity contribution >= 4 is 23.9 Å². The summed E-state index contributed by atoms with van der Waals surface area (Å²) in [4.78, 5) is 10.8. The molecule has 7 nitrogen and oxygen atoms in total. The Hall–Kier alpha value is -1.92. The Morgan fingerprint density at radius 2 is 1.67 bits per heavy atom. The molecule has 0 bridgehead atoms. The van der Waals surface area contributed by atoms with Gasteiger partial charge in [-0.1, -0.05) is 20.8 Å². The van der Waals surface area contributed by atoms with Gasteiger partial charge in [-0.2, -0.15) is 10.1 Å². The first-order valence-electron chi connectivity index (χ1n) is 4.22. The smallest absolute Gasteiger partial charge is 0.216 e. The molecule has 0 unspecified atom stereocenters. The van der Waals surface area contributed by atoms with Crippen LogP contribution < -0.4 is 11.5 Å². The lowest BCUT2D eigenvalue weighted by Crippen LogP contribution is -2.43. The average molecular weight is 212 g/mol. The zero-order valence-electron chi connectivity index (χ0n) is 9.03. The molecule has 0 radical (unpaired) electrons. The van der Waals surface area contributed by atoms with Gasteiger partial charge in [-0.25, -0.2) is 0 Å². The fourth-order valence-electron chi connectivity index (χ4n) is 0.696. The van der Waals surface area contributed by atoms with Crippen LogP contribution in [0.4, 0.5) is 0 Å². The maximum atomic E-state index is 10.8. The summed E-state index contributed by atoms with van der Waals surface area (Å²) in [5, 5.41) is 18.7. The van der Waals surface area contributed by atoms with Gasteiger partial charge in [-0.05, 0) is 0 Å². The van der Waals surface area contributed by atoms with Gasteiger partial charge in [-0.15, -0.1) is 0 Å². The summed E-state index contributed by atoms with van der Waals surface area (Å²) in [5.74, 6) is -1.02. The number of nitrogens with two attached hydrogens (primary N) is 2. The van der Waals surface area contributed by atoms with Crippen molar-refractivity contribution in [3.05, 3.63) is 0 Å². The molecule has 0 heterocycles. The first kappa shape index (κ1) is 13.1. The van der Waals surface area contributed by atoms with Crippen LogP contribution in [-0.4, -0.2) is 28.9 Å². The third kappa shape index (κ3) is 3.75. The number of carbonyl (C=O) groups excluding carboxylic acids is 1. The van der Waals surface area contributed by atoms with E-state index < -0.39 is 17.3 Å². The fourth-order valence-corrected chi connectivity index (χ4v) is 0.696. The summed E-state index contributed by atoms with van der Waals surface area (Å²) in [6, 6.07) is 0. The molecule has 0 saturated carbocycles. The average Bonchev–Trinajstić information content (AvgIpc) is 2.01. The topological polar surface area (TPSA) is 132 Å². The van der Waals surface area contributed by atoms with E-state index in [0.717, 1.165) is 0 Å². The highest BCUT2D eigenvalue weighted by atomic mass is 16.1. The highest BCUT2D eigenvalue weighted by Gasteiger charge is 2.21. The van der Waals surface area contributed by atoms with Crippen LogP contribution in [-0.2, 0) is 4.79 Å². The third-order valence-electron chi connectivity index (χ3n) is 1.54. The van der Waals surface area contributed by atoms with Crippen molar-refractivity contribution in [1.82, 2.24) is 5.01 Å². The molecule has 0 aliphatic heterocycles. The molecular weight excluding hydrogens is 196 g/mol. The molecule has 84 valence electrons. The second-order valence-corrected chi connectivity index (χ2v) is 3.94. The number of rotatable bonds is 2. The number of aldehydes is 1. The lowest BCUT2D eigenvalue weighted by Gasteiger charge is -2.21. The quantitative estimate of drug-likeness (QED) is 0.216. The molecule has 0 amide bonds. The summed E-state index contributed by atoms with van der Waals surface area (Å²) in [5.41, 5.74) is 9.96. The minimum Gasteiger partial charge on any atom is -0.368 e. The van der Waals surface area contributed by atoms with Crippen molar-refractivity contribution in [2.75, 3.05) is 0 Å². The fraction of sp³-hybridized carbons (Fsp3) is 0.500. The van der Waals surface area contributed by atoms with Gasteiger partial charge in [0.05, 0.1) is 0 Å². The molecule has 15 heavy (non-hydrogen) atoms. The lowest BCUT2D eigenvalue weighted by atomic mass is 9.91. The van der Waals surface area contributed by atoms with E-state index in [4.69, 9.17) is 22.3 Å². The maximum absolute atomic E-state index is 10.8. The molecule has 0 saturated heterocycles. The Balaban J connectivity index is 5.20. The predicted molar refractivity (Wildman–Crippen MR) is 58.6 cm³/mol. The molecule has 6 N–H and O–H groups in total. The SMILES string of the molecule is CC(C)(C)/C(C=O)=N\N(C(=N)N)C(=N)N. The van der Waals surface area contributed by atoms with E-state index in [1.807, 2.05) is 0 Å². The van der Waals surface area contributed by atoms with E-state index in [1.165, 1.54) is 0 Å². The molecule has 0 rings (SSSR count). The van der Waals surface area contributed by atoms with Crippen LogP contribution in [0.5, 0.6) is 0 Å². The highest BCUT2D eigenvalue weighted by molar-refractivity contribution is 6.30. The zero-order valence-corrected chi connectivity index (χ0v) is 9.03. The zero-order chi connectivity index (χ0) is 12.2. The third-order valence-corrected chi connectivity index (χ3v) is 1.54. The van der Waals surface area contributed by atoms with Gasteiger partial charge in [-0.3, -0.25) is 15.6 Å². The van der Waals surface area contributed by atoms with Gasteiger partial charge in [0, 0.05) is 5.41 Å². The monoisotopic (exact) mass is 212 g/mol. The Labute approximate surface area is 88.1 Å². The molecule has 7 heteroatoms. The Kier molecular flexibility index (Phi) is 3.96. The van der Waals surface area contributed by atoms with Crippen molar-refractivity contribution in [2.24, 2.45) is 22.0 Å².